The van der Waals surface area contributed by atoms with Gasteiger partial charge in [-0.1, -0.05) is 26.2 Å². The van der Waals surface area contributed by atoms with Gasteiger partial charge in [0.05, 0.1) is 73.0 Å². The van der Waals surface area contributed by atoms with Crippen molar-refractivity contribution in [3.05, 3.63) is 0 Å². The predicted octanol–water partition coefficient (Wildman–Crippen LogP) is 2.21. The van der Waals surface area contributed by atoms with E-state index in [4.69, 9.17) is 23.7 Å². The minimum Gasteiger partial charge on any atom is -0.469 e. The molecule has 0 heterocycles. The van der Waals surface area contributed by atoms with Gasteiger partial charge in [-0.15, -0.1) is 0 Å². The number of carbonyl (C=O) groups excluding carboxylic acids is 1. The second-order valence-corrected chi connectivity index (χ2v) is 5.45. The topological polar surface area (TPSA) is 72.5 Å². The Morgan fingerprint density at radius 1 is 0.600 bits per heavy atom. The molecule has 0 radical (unpaired) electrons. The van der Waals surface area contributed by atoms with Crippen LogP contribution in [-0.4, -0.2) is 79.1 Å². The highest BCUT2D eigenvalue weighted by Crippen LogP contribution is 1.98. The standard InChI is InChI=1S/C18H36O7/c1-3-4-5-6-8-21-10-12-23-14-16-25-17-15-24-13-11-22-9-7-18(19)20-2/h3-17H2,1-2H3. The molecule has 0 amide bonds. The third kappa shape index (κ3) is 21.2. The van der Waals surface area contributed by atoms with Crippen LogP contribution < -0.4 is 0 Å². The Balaban J connectivity index is 2.99. The summed E-state index contributed by atoms with van der Waals surface area (Å²) in [5.74, 6) is -0.268. The fourth-order valence-corrected chi connectivity index (χ4v) is 1.87. The van der Waals surface area contributed by atoms with E-state index in [2.05, 4.69) is 11.7 Å². The lowest BCUT2D eigenvalue weighted by Crippen LogP contribution is -2.14. The smallest absolute Gasteiger partial charge is 0.307 e. The molecule has 0 saturated carbocycles. The minimum absolute atomic E-state index is 0.267. The van der Waals surface area contributed by atoms with Gasteiger partial charge in [0, 0.05) is 6.61 Å². The third-order valence-corrected chi connectivity index (χ3v) is 3.31. The van der Waals surface area contributed by atoms with Crippen molar-refractivity contribution in [2.75, 3.05) is 73.2 Å². The molecule has 0 fully saturated rings. The lowest BCUT2D eigenvalue weighted by atomic mass is 10.2. The van der Waals surface area contributed by atoms with Crippen LogP contribution >= 0.6 is 0 Å². The molecule has 0 aromatic heterocycles. The molecule has 7 nitrogen and oxygen atoms in total. The molecule has 25 heavy (non-hydrogen) atoms. The van der Waals surface area contributed by atoms with Crippen LogP contribution in [0.5, 0.6) is 0 Å². The van der Waals surface area contributed by atoms with Crippen molar-refractivity contribution >= 4 is 5.97 Å². The van der Waals surface area contributed by atoms with E-state index < -0.39 is 0 Å². The van der Waals surface area contributed by atoms with Crippen LogP contribution in [0.3, 0.4) is 0 Å². The molecule has 0 aromatic rings. The maximum Gasteiger partial charge on any atom is 0.307 e. The molecule has 0 spiro atoms. The molecule has 0 aliphatic carbocycles. The van der Waals surface area contributed by atoms with E-state index in [0.717, 1.165) is 13.0 Å². The molecule has 0 bridgehead atoms. The molecule has 150 valence electrons. The maximum absolute atomic E-state index is 10.8. The van der Waals surface area contributed by atoms with Gasteiger partial charge in [-0.3, -0.25) is 4.79 Å². The molecule has 7 heteroatoms. The van der Waals surface area contributed by atoms with Gasteiger partial charge in [0.15, 0.2) is 0 Å². The number of ether oxygens (including phenoxy) is 6. The first kappa shape index (κ1) is 24.3. The zero-order valence-electron chi connectivity index (χ0n) is 16.0. The summed E-state index contributed by atoms with van der Waals surface area (Å²) in [6, 6.07) is 0. The van der Waals surface area contributed by atoms with Crippen LogP contribution in [0.25, 0.3) is 0 Å². The van der Waals surface area contributed by atoms with Gasteiger partial charge in [0.25, 0.3) is 0 Å². The zero-order valence-corrected chi connectivity index (χ0v) is 16.0. The van der Waals surface area contributed by atoms with E-state index >= 15 is 0 Å². The van der Waals surface area contributed by atoms with E-state index in [-0.39, 0.29) is 12.4 Å². The lowest BCUT2D eigenvalue weighted by molar-refractivity contribution is -0.141. The fraction of sp³-hybridized carbons (Fsp3) is 0.944. The molecule has 0 unspecified atom stereocenters. The Morgan fingerprint density at radius 3 is 1.48 bits per heavy atom. The van der Waals surface area contributed by atoms with Gasteiger partial charge in [-0.2, -0.15) is 0 Å². The van der Waals surface area contributed by atoms with Gasteiger partial charge < -0.3 is 28.4 Å². The van der Waals surface area contributed by atoms with Crippen molar-refractivity contribution < 1.29 is 33.2 Å². The SMILES string of the molecule is CCCCCCOCCOCCOCCOCCOCCC(=O)OC. The van der Waals surface area contributed by atoms with Crippen molar-refractivity contribution in [3.63, 3.8) is 0 Å². The van der Waals surface area contributed by atoms with Crippen molar-refractivity contribution in [1.82, 2.24) is 0 Å². The van der Waals surface area contributed by atoms with Crippen molar-refractivity contribution in [2.45, 2.75) is 39.0 Å². The number of rotatable bonds is 20. The van der Waals surface area contributed by atoms with Gasteiger partial charge in [-0.05, 0) is 6.42 Å². The second kappa shape index (κ2) is 21.3. The van der Waals surface area contributed by atoms with Gasteiger partial charge in [0.1, 0.15) is 0 Å². The first-order valence-corrected chi connectivity index (χ1v) is 9.26. The van der Waals surface area contributed by atoms with Crippen LogP contribution in [-0.2, 0) is 33.2 Å². The number of carbonyl (C=O) groups is 1. The summed E-state index contributed by atoms with van der Waals surface area (Å²) in [5, 5.41) is 0. The van der Waals surface area contributed by atoms with Crippen molar-refractivity contribution in [3.8, 4) is 0 Å². The Labute approximate surface area is 152 Å². The van der Waals surface area contributed by atoms with Crippen LogP contribution in [0.4, 0.5) is 0 Å². The molecule has 0 N–H and O–H groups in total. The molecule has 0 aromatic carbocycles. The maximum atomic E-state index is 10.8. The fourth-order valence-electron chi connectivity index (χ4n) is 1.87. The Hall–Kier alpha value is -0.730. The highest BCUT2D eigenvalue weighted by atomic mass is 16.6. The normalized spacial score (nSPS) is 11.0. The summed E-state index contributed by atoms with van der Waals surface area (Å²) in [4.78, 5) is 10.8. The predicted molar refractivity (Wildman–Crippen MR) is 94.9 cm³/mol. The van der Waals surface area contributed by atoms with Crippen LogP contribution in [0.2, 0.25) is 0 Å². The number of hydrogen-bond donors (Lipinski definition) is 0. The minimum atomic E-state index is -0.268. The van der Waals surface area contributed by atoms with Crippen molar-refractivity contribution in [2.24, 2.45) is 0 Å². The Kier molecular flexibility index (Phi) is 20.7. The summed E-state index contributed by atoms with van der Waals surface area (Å²) in [6.45, 7) is 7.73. The number of hydrogen-bond acceptors (Lipinski definition) is 7. The highest BCUT2D eigenvalue weighted by Gasteiger charge is 1.99. The van der Waals surface area contributed by atoms with E-state index in [1.165, 1.54) is 26.4 Å². The summed E-state index contributed by atoms with van der Waals surface area (Å²) in [5.41, 5.74) is 0. The molecule has 0 atom stereocenters. The van der Waals surface area contributed by atoms with Crippen LogP contribution in [0, 0.1) is 0 Å². The third-order valence-electron chi connectivity index (χ3n) is 3.31. The molecule has 0 aliphatic rings. The van der Waals surface area contributed by atoms with Gasteiger partial charge in [0.2, 0.25) is 0 Å². The Morgan fingerprint density at radius 2 is 1.04 bits per heavy atom. The van der Waals surface area contributed by atoms with Gasteiger partial charge in [-0.25, -0.2) is 0 Å². The number of unbranched alkanes of at least 4 members (excludes halogenated alkanes) is 3. The average molecular weight is 364 g/mol. The van der Waals surface area contributed by atoms with Crippen molar-refractivity contribution in [1.29, 1.82) is 0 Å². The quantitative estimate of drug-likeness (QED) is 0.242. The zero-order chi connectivity index (χ0) is 18.4. The Bertz CT molecular complexity index is 274. The van der Waals surface area contributed by atoms with E-state index in [1.54, 1.807) is 0 Å². The van der Waals surface area contributed by atoms with Crippen LogP contribution in [0.1, 0.15) is 39.0 Å². The van der Waals surface area contributed by atoms with Gasteiger partial charge >= 0.3 is 5.97 Å². The molecule has 0 rings (SSSR count). The first-order valence-electron chi connectivity index (χ1n) is 9.26. The summed E-state index contributed by atoms with van der Waals surface area (Å²) in [6.07, 6.45) is 5.17. The monoisotopic (exact) mass is 364 g/mol. The number of esters is 1. The van der Waals surface area contributed by atoms with E-state index in [0.29, 0.717) is 59.5 Å². The average Bonchev–Trinajstić information content (AvgIpc) is 2.63. The molecule has 0 aliphatic heterocycles. The van der Waals surface area contributed by atoms with E-state index in [1.807, 2.05) is 0 Å². The summed E-state index contributed by atoms with van der Waals surface area (Å²) >= 11 is 0. The first-order chi connectivity index (χ1) is 12.3. The molecular weight excluding hydrogens is 328 g/mol. The highest BCUT2D eigenvalue weighted by molar-refractivity contribution is 5.69. The summed E-state index contributed by atoms with van der Waals surface area (Å²) < 4.78 is 31.3. The van der Waals surface area contributed by atoms with E-state index in [9.17, 15) is 4.79 Å². The molecule has 0 saturated heterocycles. The lowest BCUT2D eigenvalue weighted by Gasteiger charge is -2.08. The van der Waals surface area contributed by atoms with Crippen LogP contribution in [0.15, 0.2) is 0 Å². The molecular formula is C18H36O7. The second-order valence-electron chi connectivity index (χ2n) is 5.45. The number of methoxy groups -OCH3 is 1. The largest absolute Gasteiger partial charge is 0.469 e. The summed E-state index contributed by atoms with van der Waals surface area (Å²) in [7, 11) is 1.36.